The van der Waals surface area contributed by atoms with Crippen LogP contribution in [-0.4, -0.2) is 104 Å². The van der Waals surface area contributed by atoms with E-state index in [0.717, 1.165) is 64.3 Å². The number of amides is 2. The molecule has 5 rings (SSSR count). The summed E-state index contributed by atoms with van der Waals surface area (Å²) >= 11 is 6.15. The maximum Gasteiger partial charge on any atom is 0.341 e. The predicted molar refractivity (Wildman–Crippen MR) is 261 cm³/mol. The third-order valence-corrected chi connectivity index (χ3v) is 12.3. The molecular weight excluding hydrogens is 897 g/mol. The van der Waals surface area contributed by atoms with E-state index >= 15 is 0 Å². The van der Waals surface area contributed by atoms with E-state index in [1.54, 1.807) is 26.0 Å². The number of esters is 2. The van der Waals surface area contributed by atoms with Gasteiger partial charge in [-0.2, -0.15) is 0 Å². The van der Waals surface area contributed by atoms with Crippen molar-refractivity contribution in [3.05, 3.63) is 64.1 Å². The number of nitrogens with one attached hydrogen (secondary N) is 2. The second-order valence-electron chi connectivity index (χ2n) is 13.3. The van der Waals surface area contributed by atoms with Crippen molar-refractivity contribution >= 4 is 92.5 Å². The summed E-state index contributed by atoms with van der Waals surface area (Å²) in [6.07, 6.45) is 0. The Morgan fingerprint density at radius 1 is 0.677 bits per heavy atom. The number of likely N-dealkylation sites (N-methyl/N-ethyl adjacent to an activating group) is 2. The first kappa shape index (κ1) is 51.6. The minimum Gasteiger partial charge on any atom is -0.508 e. The van der Waals surface area contributed by atoms with Crippen LogP contribution in [0.15, 0.2) is 53.0 Å². The van der Waals surface area contributed by atoms with Gasteiger partial charge in [-0.25, -0.2) is 9.59 Å². The summed E-state index contributed by atoms with van der Waals surface area (Å²) in [4.78, 5) is 53.2. The first-order valence-corrected chi connectivity index (χ1v) is 22.5. The number of phenolic OH excluding ortho intramolecular Hbond substituents is 1. The number of aromatic hydroxyl groups is 1. The molecule has 62 heavy (non-hydrogen) atoms. The van der Waals surface area contributed by atoms with Crippen LogP contribution in [-0.2, 0) is 19.1 Å². The zero-order valence-electron chi connectivity index (χ0n) is 37.5. The standard InChI is InChI=1S/C25H30N2O5S.C19H25BrN2O4S.2CH4.H2/c1-5-27(6-2)14-15-32-22-19(17-8-10-18(29)11-9-17)12-13-20-21(25(30)31-7-3)24(26-16(4)28)33-23(20)22;1-5-22(6-2)10-11-26-16-14(20)9-8-13-15(19(24)25-7-3)18(21-12(4)23)27-17(13)16;;;/h8-13,29H,5-7,14-15H2,1-4H3,(H,26,28);8-9H,5-7,10-11H2,1-4H3,(H,21,23);2*1H4;1H/i;;;;1+2D. The van der Waals surface area contributed by atoms with Crippen molar-refractivity contribution in [3.8, 4) is 28.4 Å². The number of phenols is 1. The van der Waals surface area contributed by atoms with Gasteiger partial charge in [-0.3, -0.25) is 9.59 Å². The molecule has 3 N–H and O–H groups in total. The molecule has 0 aliphatic rings. The van der Waals surface area contributed by atoms with Gasteiger partial charge in [0.15, 0.2) is 5.75 Å². The van der Waals surface area contributed by atoms with Gasteiger partial charge in [-0.05, 0) is 85.8 Å². The number of thiophene rings is 2. The highest BCUT2D eigenvalue weighted by Gasteiger charge is 2.26. The molecule has 5 aromatic rings. The Balaban J connectivity index is 0.000000609. The van der Waals surface area contributed by atoms with E-state index in [1.807, 2.05) is 36.4 Å². The molecule has 0 aliphatic carbocycles. The fourth-order valence-electron chi connectivity index (χ4n) is 6.34. The van der Waals surface area contributed by atoms with Crippen LogP contribution in [0.3, 0.4) is 0 Å². The van der Waals surface area contributed by atoms with E-state index < -0.39 is 11.9 Å². The molecule has 2 amide bonds. The minimum absolute atomic E-state index is 0. The smallest absolute Gasteiger partial charge is 0.341 e. The third-order valence-electron chi connectivity index (χ3n) is 9.39. The fraction of sp³-hybridized carbons (Fsp3) is 0.435. The van der Waals surface area contributed by atoms with Gasteiger partial charge in [-0.1, -0.05) is 66.8 Å². The third kappa shape index (κ3) is 13.6. The highest BCUT2D eigenvalue weighted by Crippen LogP contribution is 2.47. The Morgan fingerprint density at radius 2 is 1.10 bits per heavy atom. The second-order valence-corrected chi connectivity index (χ2v) is 16.2. The van der Waals surface area contributed by atoms with Crippen LogP contribution >= 0.6 is 38.6 Å². The van der Waals surface area contributed by atoms with Crippen LogP contribution in [0.25, 0.3) is 31.3 Å². The van der Waals surface area contributed by atoms with E-state index in [1.165, 1.54) is 36.5 Å². The molecule has 0 radical (unpaired) electrons. The normalized spacial score (nSPS) is 10.8. The van der Waals surface area contributed by atoms with Crippen LogP contribution < -0.4 is 20.1 Å². The molecule has 2 aromatic heterocycles. The lowest BCUT2D eigenvalue weighted by molar-refractivity contribution is -0.115. The molecule has 0 unspecified atom stereocenters. The monoisotopic (exact) mass is 963 g/mol. The van der Waals surface area contributed by atoms with Crippen molar-refractivity contribution in [2.75, 3.05) is 76.3 Å². The summed E-state index contributed by atoms with van der Waals surface area (Å²) in [5.41, 5.74) is 2.42. The first-order valence-electron chi connectivity index (χ1n) is 21.0. The second kappa shape index (κ2) is 26.0. The Morgan fingerprint density at radius 3 is 1.52 bits per heavy atom. The molecule has 0 aliphatic heterocycles. The number of hydrogen-bond acceptors (Lipinski definition) is 13. The Hall–Kier alpha value is -4.74. The topological polar surface area (TPSA) is 156 Å². The van der Waals surface area contributed by atoms with Crippen molar-refractivity contribution in [1.29, 1.82) is 0 Å². The van der Waals surface area contributed by atoms with Crippen molar-refractivity contribution in [2.45, 2.75) is 70.2 Å². The lowest BCUT2D eigenvalue weighted by atomic mass is 10.0. The SMILES string of the molecule is C.C.CCOC(=O)c1c(NC(C)=O)sc2c(OCCN(CC)CC)c(-c3ccc(O)cc3)ccc12.CCOC(=O)c1c(NC(C)=O)sc2c(OCCN(CC)CC)c(Br)ccc12.[2H][3H]. The quantitative estimate of drug-likeness (QED) is 0.0677. The molecular formula is C46H65BrN4O9S2. The van der Waals surface area contributed by atoms with Gasteiger partial charge < -0.3 is 44.5 Å². The predicted octanol–water partition coefficient (Wildman–Crippen LogP) is 11.2. The number of anilines is 2. The van der Waals surface area contributed by atoms with Gasteiger partial charge >= 0.3 is 11.9 Å². The molecule has 0 saturated carbocycles. The number of carbonyl (C=O) groups excluding carboxylic acids is 4. The summed E-state index contributed by atoms with van der Waals surface area (Å²) in [6, 6.07) is 14.3. The van der Waals surface area contributed by atoms with Crippen LogP contribution in [0.2, 0.25) is 0 Å². The van der Waals surface area contributed by atoms with Crippen LogP contribution in [0, 0.1) is 0 Å². The Bertz CT molecular complexity index is 2260. The zero-order chi connectivity index (χ0) is 45.9. The number of ether oxygens (including phenoxy) is 4. The van der Waals surface area contributed by atoms with Gasteiger partial charge in [0.1, 0.15) is 45.8 Å². The number of benzene rings is 3. The summed E-state index contributed by atoms with van der Waals surface area (Å²) < 4.78 is 35.2. The van der Waals surface area contributed by atoms with Gasteiger partial charge in [0.2, 0.25) is 11.8 Å². The number of rotatable bonds is 19. The van der Waals surface area contributed by atoms with Gasteiger partial charge in [0.05, 0.1) is 27.1 Å². The average Bonchev–Trinajstić information content (AvgIpc) is 3.80. The molecule has 16 heteroatoms. The van der Waals surface area contributed by atoms with Crippen molar-refractivity contribution in [3.63, 3.8) is 0 Å². The van der Waals surface area contributed by atoms with Gasteiger partial charge in [-0.15, -0.1) is 22.7 Å². The first-order chi connectivity index (χ1) is 29.8. The maximum absolute atomic E-state index is 12.8. The highest BCUT2D eigenvalue weighted by atomic mass is 79.9. The summed E-state index contributed by atoms with van der Waals surface area (Å²) in [6.45, 7) is 21.6. The van der Waals surface area contributed by atoms with Gasteiger partial charge in [0.25, 0.3) is 0 Å². The molecule has 0 fully saturated rings. The van der Waals surface area contributed by atoms with Crippen molar-refractivity contribution in [1.82, 2.24) is 9.80 Å². The molecule has 342 valence electrons. The number of halogens is 1. The van der Waals surface area contributed by atoms with E-state index in [-0.39, 0.29) is 45.6 Å². The van der Waals surface area contributed by atoms with E-state index in [4.69, 9.17) is 21.9 Å². The molecule has 0 saturated heterocycles. The molecule has 0 atom stereocenters. The largest absolute Gasteiger partial charge is 0.508 e. The Kier molecular flexibility index (Phi) is 21.7. The molecule has 2 heterocycles. The summed E-state index contributed by atoms with van der Waals surface area (Å²) in [7, 11) is 0. The number of carbonyl (C=O) groups is 4. The van der Waals surface area contributed by atoms with Crippen molar-refractivity contribution < 1.29 is 46.2 Å². The lowest BCUT2D eigenvalue weighted by Gasteiger charge is -2.19. The van der Waals surface area contributed by atoms with E-state index in [2.05, 4.69) is 64.1 Å². The number of hydrogen-bond donors (Lipinski definition) is 3. The number of nitrogens with zero attached hydrogens (tertiary/aromatic N) is 2. The molecule has 0 spiro atoms. The molecule has 0 bridgehead atoms. The van der Waals surface area contributed by atoms with E-state index in [0.29, 0.717) is 56.6 Å². The van der Waals surface area contributed by atoms with Crippen LogP contribution in [0.5, 0.6) is 17.2 Å². The summed E-state index contributed by atoms with van der Waals surface area (Å²) in [5, 5.41) is 17.5. The Labute approximate surface area is 385 Å². The lowest BCUT2D eigenvalue weighted by Crippen LogP contribution is -2.28. The van der Waals surface area contributed by atoms with Gasteiger partial charge in [0, 0.05) is 46.2 Å². The average molecular weight is 965 g/mol. The zero-order valence-corrected chi connectivity index (χ0v) is 38.7. The fourth-order valence-corrected chi connectivity index (χ4v) is 9.38. The molecule has 13 nitrogen and oxygen atoms in total. The summed E-state index contributed by atoms with van der Waals surface area (Å²) in [5.74, 6) is 0.0368. The maximum atomic E-state index is 12.8. The highest BCUT2D eigenvalue weighted by molar-refractivity contribution is 9.10. The van der Waals surface area contributed by atoms with Crippen LogP contribution in [0.4, 0.5) is 10.0 Å². The molecule has 3 aromatic carbocycles. The van der Waals surface area contributed by atoms with E-state index in [9.17, 15) is 24.3 Å². The minimum atomic E-state index is -0.487. The number of fused-ring (bicyclic) bond motifs is 2. The van der Waals surface area contributed by atoms with Crippen molar-refractivity contribution in [2.24, 2.45) is 0 Å². The van der Waals surface area contributed by atoms with Crippen LogP contribution in [0.1, 0.15) is 93.9 Å².